The van der Waals surface area contributed by atoms with Gasteiger partial charge in [-0.1, -0.05) is 25.1 Å². The van der Waals surface area contributed by atoms with Gasteiger partial charge >= 0.3 is 0 Å². The standard InChI is InChI=1S/C22H20N4O5S/c1-2-5-20(27)23-15-7-4-8-16(13-15)24-22(32)25-21(28)19-11-10-18(31-19)14-6-3-9-17(12-14)26(29)30/h3-4,6-13H,2,5H2,1H3,(H,23,27)(H2,24,25,28,32). The summed E-state index contributed by atoms with van der Waals surface area (Å²) in [6, 6.07) is 15.8. The molecule has 0 atom stereocenters. The molecular formula is C22H20N4O5S. The first-order valence-corrected chi connectivity index (χ1v) is 10.1. The maximum atomic E-state index is 12.5. The Kier molecular flexibility index (Phi) is 7.29. The second-order valence-corrected chi connectivity index (χ2v) is 7.17. The van der Waals surface area contributed by atoms with Gasteiger partial charge in [0.15, 0.2) is 10.9 Å². The first-order valence-electron chi connectivity index (χ1n) is 9.72. The average Bonchev–Trinajstić information content (AvgIpc) is 3.24. The number of rotatable bonds is 7. The highest BCUT2D eigenvalue weighted by molar-refractivity contribution is 7.80. The van der Waals surface area contributed by atoms with Crippen LogP contribution in [0.5, 0.6) is 0 Å². The Morgan fingerprint density at radius 2 is 1.75 bits per heavy atom. The lowest BCUT2D eigenvalue weighted by molar-refractivity contribution is -0.384. The number of nitro groups is 1. The Hall–Kier alpha value is -4.05. The second-order valence-electron chi connectivity index (χ2n) is 6.76. The molecule has 2 aromatic carbocycles. The van der Waals surface area contributed by atoms with E-state index in [1.807, 2.05) is 6.92 Å². The van der Waals surface area contributed by atoms with Crippen molar-refractivity contribution in [3.05, 3.63) is 76.5 Å². The van der Waals surface area contributed by atoms with Gasteiger partial charge < -0.3 is 15.1 Å². The van der Waals surface area contributed by atoms with Crippen molar-refractivity contribution in [2.45, 2.75) is 19.8 Å². The van der Waals surface area contributed by atoms with Crippen LogP contribution in [-0.4, -0.2) is 21.9 Å². The number of nitrogens with zero attached hydrogens (tertiary/aromatic N) is 1. The van der Waals surface area contributed by atoms with E-state index in [2.05, 4.69) is 16.0 Å². The Labute approximate surface area is 189 Å². The average molecular weight is 452 g/mol. The molecule has 0 aliphatic heterocycles. The third kappa shape index (κ3) is 5.99. The van der Waals surface area contributed by atoms with Crippen LogP contribution < -0.4 is 16.0 Å². The van der Waals surface area contributed by atoms with Gasteiger partial charge in [-0.3, -0.25) is 25.0 Å². The maximum Gasteiger partial charge on any atom is 0.293 e. The predicted octanol–water partition coefficient (Wildman–Crippen LogP) is 4.72. The van der Waals surface area contributed by atoms with Gasteiger partial charge in [0.05, 0.1) is 4.92 Å². The normalized spacial score (nSPS) is 10.3. The molecule has 2 amide bonds. The van der Waals surface area contributed by atoms with E-state index in [1.165, 1.54) is 24.3 Å². The van der Waals surface area contributed by atoms with Gasteiger partial charge in [-0.2, -0.15) is 0 Å². The van der Waals surface area contributed by atoms with Gasteiger partial charge in [0.1, 0.15) is 5.76 Å². The van der Waals surface area contributed by atoms with Crippen LogP contribution >= 0.6 is 12.2 Å². The highest BCUT2D eigenvalue weighted by atomic mass is 32.1. The first kappa shape index (κ1) is 22.6. The molecule has 9 nitrogen and oxygen atoms in total. The molecule has 1 heterocycles. The number of nitrogens with one attached hydrogen (secondary N) is 3. The molecule has 164 valence electrons. The summed E-state index contributed by atoms with van der Waals surface area (Å²) in [6.45, 7) is 1.92. The molecule has 10 heteroatoms. The first-order chi connectivity index (χ1) is 15.4. The Morgan fingerprint density at radius 3 is 2.47 bits per heavy atom. The van der Waals surface area contributed by atoms with Crippen molar-refractivity contribution in [3.63, 3.8) is 0 Å². The molecule has 3 rings (SSSR count). The predicted molar refractivity (Wildman–Crippen MR) is 124 cm³/mol. The fourth-order valence-electron chi connectivity index (χ4n) is 2.84. The fraction of sp³-hybridized carbons (Fsp3) is 0.136. The SMILES string of the molecule is CCCC(=O)Nc1cccc(NC(=S)NC(=O)c2ccc(-c3cccc([N+](=O)[O-])c3)o2)c1. The number of non-ortho nitro benzene ring substituents is 1. The highest BCUT2D eigenvalue weighted by Gasteiger charge is 2.15. The zero-order chi connectivity index (χ0) is 23.1. The summed E-state index contributed by atoms with van der Waals surface area (Å²) in [5.41, 5.74) is 1.58. The maximum absolute atomic E-state index is 12.5. The summed E-state index contributed by atoms with van der Waals surface area (Å²) in [5, 5.41) is 19.2. The van der Waals surface area contributed by atoms with Crippen molar-refractivity contribution >= 4 is 46.2 Å². The minimum atomic E-state index is -0.577. The minimum Gasteiger partial charge on any atom is -0.451 e. The highest BCUT2D eigenvalue weighted by Crippen LogP contribution is 2.25. The summed E-state index contributed by atoms with van der Waals surface area (Å²) in [6.07, 6.45) is 1.17. The Balaban J connectivity index is 1.62. The number of amides is 2. The summed E-state index contributed by atoms with van der Waals surface area (Å²) in [7, 11) is 0. The molecule has 3 aromatic rings. The van der Waals surface area contributed by atoms with E-state index < -0.39 is 10.8 Å². The number of carbonyl (C=O) groups is 2. The zero-order valence-electron chi connectivity index (χ0n) is 17.1. The molecule has 0 saturated carbocycles. The third-order valence-corrected chi connectivity index (χ3v) is 4.48. The van der Waals surface area contributed by atoms with Crippen LogP contribution in [0, 0.1) is 10.1 Å². The van der Waals surface area contributed by atoms with Crippen LogP contribution in [0.4, 0.5) is 17.1 Å². The molecule has 32 heavy (non-hydrogen) atoms. The van der Waals surface area contributed by atoms with Gasteiger partial charge in [-0.15, -0.1) is 0 Å². The summed E-state index contributed by atoms with van der Waals surface area (Å²) in [5.74, 6) is -0.353. The smallest absolute Gasteiger partial charge is 0.293 e. The largest absolute Gasteiger partial charge is 0.451 e. The van der Waals surface area contributed by atoms with E-state index in [4.69, 9.17) is 16.6 Å². The van der Waals surface area contributed by atoms with Crippen molar-refractivity contribution in [1.82, 2.24) is 5.32 Å². The van der Waals surface area contributed by atoms with E-state index >= 15 is 0 Å². The monoisotopic (exact) mass is 452 g/mol. The molecule has 0 bridgehead atoms. The van der Waals surface area contributed by atoms with E-state index in [9.17, 15) is 19.7 Å². The molecule has 0 saturated heterocycles. The molecule has 0 fully saturated rings. The number of benzene rings is 2. The summed E-state index contributed by atoms with van der Waals surface area (Å²) >= 11 is 5.18. The molecule has 0 aliphatic rings. The van der Waals surface area contributed by atoms with Gasteiger partial charge in [0.25, 0.3) is 11.6 Å². The van der Waals surface area contributed by atoms with Gasteiger partial charge in [0.2, 0.25) is 5.91 Å². The van der Waals surface area contributed by atoms with E-state index in [1.54, 1.807) is 36.4 Å². The van der Waals surface area contributed by atoms with Crippen LogP contribution in [0.25, 0.3) is 11.3 Å². The molecular weight excluding hydrogens is 432 g/mol. The van der Waals surface area contributed by atoms with Crippen LogP contribution in [0.15, 0.2) is 65.1 Å². The number of carbonyl (C=O) groups excluding carboxylic acids is 2. The molecule has 0 spiro atoms. The summed E-state index contributed by atoms with van der Waals surface area (Å²) < 4.78 is 5.53. The number of hydrogen-bond donors (Lipinski definition) is 3. The van der Waals surface area contributed by atoms with Crippen LogP contribution in [0.2, 0.25) is 0 Å². The molecule has 1 aromatic heterocycles. The summed E-state index contributed by atoms with van der Waals surface area (Å²) in [4.78, 5) is 34.6. The van der Waals surface area contributed by atoms with Gasteiger partial charge in [0, 0.05) is 35.5 Å². The number of nitro benzene ring substituents is 1. The topological polar surface area (TPSA) is 127 Å². The lowest BCUT2D eigenvalue weighted by Crippen LogP contribution is -2.33. The molecule has 0 unspecified atom stereocenters. The van der Waals surface area contributed by atoms with Crippen molar-refractivity contribution in [1.29, 1.82) is 0 Å². The van der Waals surface area contributed by atoms with E-state index in [0.29, 0.717) is 29.1 Å². The van der Waals surface area contributed by atoms with E-state index in [-0.39, 0.29) is 22.5 Å². The van der Waals surface area contributed by atoms with Gasteiger partial charge in [-0.25, -0.2) is 0 Å². The molecule has 0 aliphatic carbocycles. The zero-order valence-corrected chi connectivity index (χ0v) is 17.9. The molecule has 0 radical (unpaired) electrons. The van der Waals surface area contributed by atoms with Crippen molar-refractivity contribution in [2.75, 3.05) is 10.6 Å². The number of anilines is 2. The lowest BCUT2D eigenvalue weighted by atomic mass is 10.1. The fourth-order valence-corrected chi connectivity index (χ4v) is 3.05. The molecule has 3 N–H and O–H groups in total. The van der Waals surface area contributed by atoms with Gasteiger partial charge in [-0.05, 0) is 49.0 Å². The third-order valence-electron chi connectivity index (χ3n) is 4.28. The number of furan rings is 1. The van der Waals surface area contributed by atoms with Crippen LogP contribution in [0.3, 0.4) is 0 Å². The minimum absolute atomic E-state index is 0.00349. The Bertz CT molecular complexity index is 1170. The van der Waals surface area contributed by atoms with Crippen molar-refractivity contribution in [2.24, 2.45) is 0 Å². The van der Waals surface area contributed by atoms with Crippen molar-refractivity contribution < 1.29 is 18.9 Å². The Morgan fingerprint density at radius 1 is 1.03 bits per heavy atom. The second kappa shape index (κ2) is 10.3. The quantitative estimate of drug-likeness (QED) is 0.269. The van der Waals surface area contributed by atoms with Crippen LogP contribution in [-0.2, 0) is 4.79 Å². The van der Waals surface area contributed by atoms with Crippen LogP contribution in [0.1, 0.15) is 30.3 Å². The van der Waals surface area contributed by atoms with Crippen molar-refractivity contribution in [3.8, 4) is 11.3 Å². The van der Waals surface area contributed by atoms with E-state index in [0.717, 1.165) is 6.42 Å². The lowest BCUT2D eigenvalue weighted by Gasteiger charge is -2.10. The number of thiocarbonyl (C=S) groups is 1. The number of hydrogen-bond acceptors (Lipinski definition) is 6.